The molecule has 23 heavy (non-hydrogen) atoms. The molecule has 0 saturated carbocycles. The van der Waals surface area contributed by atoms with Crippen molar-refractivity contribution in [2.24, 2.45) is 0 Å². The smallest absolute Gasteiger partial charge is 0.295 e. The van der Waals surface area contributed by atoms with E-state index in [9.17, 15) is 13.6 Å². The number of alkyl halides is 2. The van der Waals surface area contributed by atoms with Crippen LogP contribution in [0.1, 0.15) is 35.1 Å². The quantitative estimate of drug-likeness (QED) is 0.753. The zero-order chi connectivity index (χ0) is 16.4. The van der Waals surface area contributed by atoms with Gasteiger partial charge in [-0.15, -0.1) is 0 Å². The Morgan fingerprint density at radius 2 is 1.96 bits per heavy atom. The summed E-state index contributed by atoms with van der Waals surface area (Å²) in [6.07, 6.45) is -1.75. The van der Waals surface area contributed by atoms with Crippen molar-refractivity contribution in [3.8, 4) is 0 Å². The Kier molecular flexibility index (Phi) is 4.06. The van der Waals surface area contributed by atoms with Crippen molar-refractivity contribution in [1.82, 2.24) is 9.97 Å². The van der Waals surface area contributed by atoms with Crippen molar-refractivity contribution < 1.29 is 13.6 Å². The normalized spacial score (nSPS) is 11.1. The van der Waals surface area contributed by atoms with Crippen LogP contribution in [0.3, 0.4) is 0 Å². The lowest BCUT2D eigenvalue weighted by Crippen LogP contribution is -2.11. The van der Waals surface area contributed by atoms with Crippen LogP contribution < -0.4 is 5.32 Å². The van der Waals surface area contributed by atoms with Gasteiger partial charge in [0.25, 0.3) is 12.3 Å². The number of aryl methyl sites for hydroxylation is 1. The molecule has 0 aliphatic carbocycles. The maximum atomic E-state index is 12.6. The molecular weight excluding hydrogens is 300 g/mol. The first kappa shape index (κ1) is 15.1. The number of benzene rings is 2. The average molecular weight is 315 g/mol. The Morgan fingerprint density at radius 1 is 1.22 bits per heavy atom. The van der Waals surface area contributed by atoms with Crippen LogP contribution in [0, 0.1) is 0 Å². The summed E-state index contributed by atoms with van der Waals surface area (Å²) in [6, 6.07) is 12.1. The minimum atomic E-state index is -2.66. The molecule has 0 unspecified atom stereocenters. The number of anilines is 1. The number of fused-ring (bicyclic) bond motifs is 1. The number of nitrogens with one attached hydrogen (secondary N) is 2. The molecule has 3 rings (SSSR count). The van der Waals surface area contributed by atoms with Crippen molar-refractivity contribution in [2.45, 2.75) is 19.8 Å². The third kappa shape index (κ3) is 3.21. The van der Waals surface area contributed by atoms with Crippen LogP contribution in [0.4, 0.5) is 14.5 Å². The number of imidazole rings is 1. The predicted octanol–water partition coefficient (Wildman–Crippen LogP) is 4.32. The zero-order valence-corrected chi connectivity index (χ0v) is 12.4. The molecule has 0 aliphatic rings. The van der Waals surface area contributed by atoms with Crippen LogP contribution in [-0.4, -0.2) is 15.9 Å². The van der Waals surface area contributed by atoms with Gasteiger partial charge in [-0.25, -0.2) is 13.8 Å². The Labute approximate surface area is 131 Å². The molecule has 0 atom stereocenters. The number of amides is 1. The molecule has 0 radical (unpaired) electrons. The summed E-state index contributed by atoms with van der Waals surface area (Å²) in [7, 11) is 0. The molecule has 1 heterocycles. The van der Waals surface area contributed by atoms with Gasteiger partial charge in [0.15, 0.2) is 5.82 Å². The van der Waals surface area contributed by atoms with E-state index in [1.165, 1.54) is 0 Å². The Morgan fingerprint density at radius 3 is 2.61 bits per heavy atom. The zero-order valence-electron chi connectivity index (χ0n) is 12.4. The summed E-state index contributed by atoms with van der Waals surface area (Å²) in [4.78, 5) is 18.5. The molecular formula is C17H15F2N3O. The summed E-state index contributed by atoms with van der Waals surface area (Å²) < 4.78 is 25.3. The van der Waals surface area contributed by atoms with Gasteiger partial charge in [0.05, 0.1) is 11.0 Å². The molecule has 0 bridgehead atoms. The summed E-state index contributed by atoms with van der Waals surface area (Å²) in [5.74, 6) is -0.626. The molecule has 2 N–H and O–H groups in total. The van der Waals surface area contributed by atoms with Crippen LogP contribution in [0.15, 0.2) is 42.5 Å². The average Bonchev–Trinajstić information content (AvgIpc) is 2.98. The standard InChI is InChI=1S/C17H15F2N3O/c1-2-10-3-5-11(6-4-10)17(23)20-12-7-8-13-14(9-12)22-16(21-13)15(18)19/h3-9,15H,2H2,1H3,(H,20,23)(H,21,22). The summed E-state index contributed by atoms with van der Waals surface area (Å²) in [5.41, 5.74) is 3.11. The highest BCUT2D eigenvalue weighted by Crippen LogP contribution is 2.22. The first-order chi connectivity index (χ1) is 11.1. The van der Waals surface area contributed by atoms with Crippen molar-refractivity contribution in [3.05, 3.63) is 59.4 Å². The molecule has 0 fully saturated rings. The Hall–Kier alpha value is -2.76. The largest absolute Gasteiger partial charge is 0.337 e. The molecule has 3 aromatic rings. The topological polar surface area (TPSA) is 57.8 Å². The second-order valence-corrected chi connectivity index (χ2v) is 5.16. The van der Waals surface area contributed by atoms with E-state index in [4.69, 9.17) is 0 Å². The lowest BCUT2D eigenvalue weighted by Gasteiger charge is -2.06. The number of halogens is 2. The fourth-order valence-electron chi connectivity index (χ4n) is 2.31. The maximum Gasteiger partial charge on any atom is 0.295 e. The molecule has 0 saturated heterocycles. The van der Waals surface area contributed by atoms with E-state index in [0.717, 1.165) is 12.0 Å². The third-order valence-corrected chi connectivity index (χ3v) is 3.59. The van der Waals surface area contributed by atoms with Gasteiger partial charge in [-0.1, -0.05) is 19.1 Å². The number of carbonyl (C=O) groups excluding carboxylic acids is 1. The van der Waals surface area contributed by atoms with Crippen LogP contribution in [0.5, 0.6) is 0 Å². The number of carbonyl (C=O) groups is 1. The van der Waals surface area contributed by atoms with Gasteiger partial charge in [0.2, 0.25) is 0 Å². The van der Waals surface area contributed by atoms with E-state index in [1.807, 2.05) is 19.1 Å². The fourth-order valence-corrected chi connectivity index (χ4v) is 2.31. The Balaban J connectivity index is 1.81. The summed E-state index contributed by atoms with van der Waals surface area (Å²) >= 11 is 0. The van der Waals surface area contributed by atoms with Gasteiger partial charge in [0, 0.05) is 11.3 Å². The molecule has 1 amide bonds. The highest BCUT2D eigenvalue weighted by atomic mass is 19.3. The van der Waals surface area contributed by atoms with Gasteiger partial charge >= 0.3 is 0 Å². The van der Waals surface area contributed by atoms with Gasteiger partial charge in [0.1, 0.15) is 0 Å². The van der Waals surface area contributed by atoms with Gasteiger partial charge < -0.3 is 10.3 Å². The lowest BCUT2D eigenvalue weighted by molar-refractivity contribution is 0.102. The van der Waals surface area contributed by atoms with Crippen molar-refractivity contribution in [2.75, 3.05) is 5.32 Å². The third-order valence-electron chi connectivity index (χ3n) is 3.59. The van der Waals surface area contributed by atoms with Crippen LogP contribution in [0.25, 0.3) is 11.0 Å². The minimum absolute atomic E-state index is 0.249. The fraction of sp³-hybridized carbons (Fsp3) is 0.176. The lowest BCUT2D eigenvalue weighted by atomic mass is 10.1. The molecule has 0 spiro atoms. The van der Waals surface area contributed by atoms with Crippen molar-refractivity contribution >= 4 is 22.6 Å². The molecule has 1 aromatic heterocycles. The molecule has 2 aromatic carbocycles. The van der Waals surface area contributed by atoms with Crippen LogP contribution >= 0.6 is 0 Å². The molecule has 6 heteroatoms. The van der Waals surface area contributed by atoms with E-state index >= 15 is 0 Å². The number of nitrogens with zero attached hydrogens (tertiary/aromatic N) is 1. The van der Waals surface area contributed by atoms with Crippen LogP contribution in [-0.2, 0) is 6.42 Å². The van der Waals surface area contributed by atoms with Gasteiger partial charge in [-0.05, 0) is 42.3 Å². The van der Waals surface area contributed by atoms with E-state index < -0.39 is 6.43 Å². The molecule has 118 valence electrons. The number of H-pyrrole nitrogens is 1. The second-order valence-electron chi connectivity index (χ2n) is 5.16. The number of aromatic nitrogens is 2. The first-order valence-electron chi connectivity index (χ1n) is 7.25. The summed E-state index contributed by atoms with van der Waals surface area (Å²) in [6.45, 7) is 2.04. The summed E-state index contributed by atoms with van der Waals surface area (Å²) in [5, 5.41) is 2.75. The maximum absolute atomic E-state index is 12.6. The monoisotopic (exact) mass is 315 g/mol. The number of aromatic amines is 1. The Bertz CT molecular complexity index is 841. The van der Waals surface area contributed by atoms with E-state index in [1.54, 1.807) is 30.3 Å². The van der Waals surface area contributed by atoms with Crippen molar-refractivity contribution in [1.29, 1.82) is 0 Å². The second kappa shape index (κ2) is 6.16. The molecule has 0 aliphatic heterocycles. The minimum Gasteiger partial charge on any atom is -0.337 e. The highest BCUT2D eigenvalue weighted by molar-refractivity contribution is 6.04. The van der Waals surface area contributed by atoms with Gasteiger partial charge in [-0.3, -0.25) is 4.79 Å². The number of hydrogen-bond donors (Lipinski definition) is 2. The first-order valence-corrected chi connectivity index (χ1v) is 7.25. The van der Waals surface area contributed by atoms with Crippen LogP contribution in [0.2, 0.25) is 0 Å². The van der Waals surface area contributed by atoms with E-state index in [2.05, 4.69) is 15.3 Å². The highest BCUT2D eigenvalue weighted by Gasteiger charge is 2.13. The predicted molar refractivity (Wildman–Crippen MR) is 84.8 cm³/mol. The molecule has 4 nitrogen and oxygen atoms in total. The SMILES string of the molecule is CCc1ccc(C(=O)Nc2ccc3nc(C(F)F)[nH]c3c2)cc1. The van der Waals surface area contributed by atoms with E-state index in [-0.39, 0.29) is 11.7 Å². The van der Waals surface area contributed by atoms with Gasteiger partial charge in [-0.2, -0.15) is 0 Å². The van der Waals surface area contributed by atoms with E-state index in [0.29, 0.717) is 22.3 Å². The number of rotatable bonds is 4. The number of hydrogen-bond acceptors (Lipinski definition) is 2. The van der Waals surface area contributed by atoms with Crippen molar-refractivity contribution in [3.63, 3.8) is 0 Å².